The summed E-state index contributed by atoms with van der Waals surface area (Å²) in [4.78, 5) is 13.9. The lowest BCUT2D eigenvalue weighted by Gasteiger charge is -2.35. The van der Waals surface area contributed by atoms with Gasteiger partial charge in [0.2, 0.25) is 0 Å². The normalized spacial score (nSPS) is 18.1. The number of aromatic nitrogens is 1. The molecule has 0 bridgehead atoms. The van der Waals surface area contributed by atoms with Crippen LogP contribution in [0.5, 0.6) is 5.75 Å². The summed E-state index contributed by atoms with van der Waals surface area (Å²) < 4.78 is 7.74. The predicted octanol–water partition coefficient (Wildman–Crippen LogP) is 5.69. The maximum atomic E-state index is 13.9. The molecule has 3 aromatic rings. The molecule has 0 radical (unpaired) electrons. The highest BCUT2D eigenvalue weighted by Gasteiger charge is 2.43. The number of hydrogen-bond acceptors (Lipinski definition) is 3. The fraction of sp³-hybridized carbons (Fsp3) is 0.308. The van der Waals surface area contributed by atoms with Gasteiger partial charge >= 0.3 is 0 Å². The van der Waals surface area contributed by atoms with Gasteiger partial charge in [0.15, 0.2) is 5.78 Å². The van der Waals surface area contributed by atoms with Crippen molar-refractivity contribution >= 4 is 16.7 Å². The maximum absolute atomic E-state index is 13.9. The Balaban J connectivity index is 1.90. The van der Waals surface area contributed by atoms with Gasteiger partial charge in [-0.1, -0.05) is 36.4 Å². The summed E-state index contributed by atoms with van der Waals surface area (Å²) in [5.74, 6) is 0.885. The van der Waals surface area contributed by atoms with E-state index in [9.17, 15) is 4.79 Å². The first-order valence-corrected chi connectivity index (χ1v) is 10.4. The van der Waals surface area contributed by atoms with Crippen molar-refractivity contribution in [1.82, 2.24) is 4.57 Å². The molecule has 4 nitrogen and oxygen atoms in total. The van der Waals surface area contributed by atoms with Gasteiger partial charge in [-0.05, 0) is 49.4 Å². The van der Waals surface area contributed by atoms with Crippen molar-refractivity contribution < 1.29 is 9.53 Å². The van der Waals surface area contributed by atoms with Crippen molar-refractivity contribution in [2.45, 2.75) is 38.6 Å². The zero-order valence-corrected chi connectivity index (χ0v) is 17.4. The van der Waals surface area contributed by atoms with Crippen LogP contribution in [0.25, 0.3) is 10.9 Å². The van der Waals surface area contributed by atoms with E-state index in [1.165, 1.54) is 5.56 Å². The first kappa shape index (κ1) is 20.0. The first-order valence-electron chi connectivity index (χ1n) is 10.4. The molecule has 2 aromatic carbocycles. The Morgan fingerprint density at radius 2 is 2.07 bits per heavy atom. The molecule has 0 aliphatic heterocycles. The minimum atomic E-state index is -0.542. The monoisotopic (exact) mass is 398 g/mol. The van der Waals surface area contributed by atoms with E-state index in [1.54, 1.807) is 7.11 Å². The number of ether oxygens (including phenoxy) is 1. The minimum Gasteiger partial charge on any atom is -0.497 e. The Morgan fingerprint density at radius 3 is 2.77 bits per heavy atom. The van der Waals surface area contributed by atoms with Crippen molar-refractivity contribution in [3.05, 3.63) is 78.0 Å². The molecule has 1 unspecified atom stereocenters. The Labute approximate surface area is 177 Å². The van der Waals surface area contributed by atoms with Crippen molar-refractivity contribution in [2.24, 2.45) is 5.41 Å². The Morgan fingerprint density at radius 1 is 1.27 bits per heavy atom. The Hall–Kier alpha value is -3.32. The van der Waals surface area contributed by atoms with E-state index in [-0.39, 0.29) is 5.78 Å². The summed E-state index contributed by atoms with van der Waals surface area (Å²) in [6.45, 7) is 4.61. The number of rotatable bonds is 7. The molecule has 0 saturated heterocycles. The van der Waals surface area contributed by atoms with Crippen molar-refractivity contribution in [3.8, 4) is 11.8 Å². The van der Waals surface area contributed by atoms with E-state index < -0.39 is 5.41 Å². The van der Waals surface area contributed by atoms with Crippen LogP contribution in [0.3, 0.4) is 0 Å². The lowest BCUT2D eigenvalue weighted by Crippen LogP contribution is -2.36. The molecular formula is C26H26N2O2. The highest BCUT2D eigenvalue weighted by Crippen LogP contribution is 2.46. The quantitative estimate of drug-likeness (QED) is 0.480. The maximum Gasteiger partial charge on any atom is 0.171 e. The minimum absolute atomic E-state index is 0.143. The van der Waals surface area contributed by atoms with Gasteiger partial charge in [0.25, 0.3) is 0 Å². The molecule has 1 aromatic heterocycles. The number of ketones is 1. The summed E-state index contributed by atoms with van der Waals surface area (Å²) in [5, 5.41) is 10.1. The highest BCUT2D eigenvalue weighted by molar-refractivity contribution is 6.13. The van der Waals surface area contributed by atoms with Gasteiger partial charge in [-0.25, -0.2) is 0 Å². The molecule has 1 aliphatic rings. The third-order valence-electron chi connectivity index (χ3n) is 6.36. The van der Waals surface area contributed by atoms with Gasteiger partial charge in [-0.3, -0.25) is 4.79 Å². The number of nitriles is 1. The topological polar surface area (TPSA) is 55.0 Å². The van der Waals surface area contributed by atoms with Crippen LogP contribution in [-0.4, -0.2) is 17.5 Å². The second kappa shape index (κ2) is 8.20. The van der Waals surface area contributed by atoms with Crippen LogP contribution in [0.2, 0.25) is 0 Å². The molecule has 4 heteroatoms. The second-order valence-corrected chi connectivity index (χ2v) is 8.04. The van der Waals surface area contributed by atoms with Gasteiger partial charge in [-0.2, -0.15) is 5.26 Å². The van der Waals surface area contributed by atoms with Crippen molar-refractivity contribution in [3.63, 3.8) is 0 Å². The van der Waals surface area contributed by atoms with E-state index >= 15 is 0 Å². The van der Waals surface area contributed by atoms with Crippen LogP contribution < -0.4 is 4.74 Å². The average Bonchev–Trinajstić information content (AvgIpc) is 3.08. The van der Waals surface area contributed by atoms with Crippen LogP contribution in [0.4, 0.5) is 0 Å². The standard InChI is InChI=1S/C26H26N2O2/c1-3-13-26(14-7-16-27)15-12-23-24(25(26)29)21-17-20(30-2)10-11-22(21)28(23)18-19-8-5-4-6-9-19/h3-6,8-11,17H,1,7,12-15,18H2,2H3. The Bertz CT molecular complexity index is 1140. The molecule has 0 fully saturated rings. The summed E-state index contributed by atoms with van der Waals surface area (Å²) in [7, 11) is 1.64. The molecule has 0 saturated carbocycles. The van der Waals surface area contributed by atoms with Crippen LogP contribution in [-0.2, 0) is 13.0 Å². The fourth-order valence-electron chi connectivity index (χ4n) is 4.82. The molecule has 1 aliphatic carbocycles. The average molecular weight is 399 g/mol. The summed E-state index contributed by atoms with van der Waals surface area (Å²) in [6, 6.07) is 18.5. The number of hydrogen-bond donors (Lipinski definition) is 0. The third kappa shape index (κ3) is 3.31. The van der Waals surface area contributed by atoms with Crippen LogP contribution in [0, 0.1) is 16.7 Å². The molecule has 30 heavy (non-hydrogen) atoms. The van der Waals surface area contributed by atoms with Crippen LogP contribution in [0.1, 0.15) is 47.3 Å². The number of fused-ring (bicyclic) bond motifs is 3. The molecule has 1 atom stereocenters. The summed E-state index contributed by atoms with van der Waals surface area (Å²) in [6.07, 6.45) is 4.93. The van der Waals surface area contributed by atoms with Gasteiger partial charge in [0.05, 0.1) is 13.2 Å². The lowest BCUT2D eigenvalue weighted by molar-refractivity contribution is 0.0744. The SMILES string of the molecule is C=CCC1(CCC#N)CCc2c(c3cc(OC)ccc3n2Cc2ccccc2)C1=O. The molecule has 152 valence electrons. The molecule has 1 heterocycles. The number of methoxy groups -OCH3 is 1. The molecule has 0 spiro atoms. The van der Waals surface area contributed by atoms with E-state index in [4.69, 9.17) is 10.00 Å². The highest BCUT2D eigenvalue weighted by atomic mass is 16.5. The lowest BCUT2D eigenvalue weighted by atomic mass is 9.67. The number of allylic oxidation sites excluding steroid dienone is 1. The zero-order valence-electron chi connectivity index (χ0n) is 17.4. The summed E-state index contributed by atoms with van der Waals surface area (Å²) in [5.41, 5.74) is 3.59. The molecule has 0 N–H and O–H groups in total. The molecule has 0 amide bonds. The fourth-order valence-corrected chi connectivity index (χ4v) is 4.82. The smallest absolute Gasteiger partial charge is 0.171 e. The van der Waals surface area contributed by atoms with Crippen molar-refractivity contribution in [1.29, 1.82) is 5.26 Å². The predicted molar refractivity (Wildman–Crippen MR) is 119 cm³/mol. The van der Waals surface area contributed by atoms with E-state index in [0.717, 1.165) is 47.3 Å². The van der Waals surface area contributed by atoms with Gasteiger partial charge in [-0.15, -0.1) is 6.58 Å². The Kier molecular flexibility index (Phi) is 5.46. The van der Waals surface area contributed by atoms with Gasteiger partial charge < -0.3 is 9.30 Å². The van der Waals surface area contributed by atoms with Crippen LogP contribution >= 0.6 is 0 Å². The van der Waals surface area contributed by atoms with Crippen LogP contribution in [0.15, 0.2) is 61.2 Å². The largest absolute Gasteiger partial charge is 0.497 e. The van der Waals surface area contributed by atoms with Crippen molar-refractivity contribution in [2.75, 3.05) is 7.11 Å². The number of Topliss-reactive ketones (excluding diaryl/α,β-unsaturated/α-hetero) is 1. The number of carbonyl (C=O) groups excluding carboxylic acids is 1. The third-order valence-corrected chi connectivity index (χ3v) is 6.36. The molecule has 4 rings (SSSR count). The zero-order chi connectivity index (χ0) is 21.1. The molecular weight excluding hydrogens is 372 g/mol. The number of carbonyl (C=O) groups is 1. The number of nitrogens with zero attached hydrogens (tertiary/aromatic N) is 2. The van der Waals surface area contributed by atoms with E-state index in [2.05, 4.69) is 29.3 Å². The first-order chi connectivity index (χ1) is 14.6. The van der Waals surface area contributed by atoms with Gasteiger partial charge in [0, 0.05) is 40.5 Å². The number of benzene rings is 2. The van der Waals surface area contributed by atoms with E-state index in [1.807, 2.05) is 42.5 Å². The summed E-state index contributed by atoms with van der Waals surface area (Å²) >= 11 is 0. The van der Waals surface area contributed by atoms with E-state index in [0.29, 0.717) is 19.3 Å². The van der Waals surface area contributed by atoms with Gasteiger partial charge in [0.1, 0.15) is 5.75 Å². The second-order valence-electron chi connectivity index (χ2n) is 8.04.